The minimum Gasteiger partial charge on any atom is -0.479 e. The van der Waals surface area contributed by atoms with E-state index in [0.29, 0.717) is 19.8 Å². The minimum atomic E-state index is -1.02. The van der Waals surface area contributed by atoms with E-state index in [9.17, 15) is 9.59 Å². The highest BCUT2D eigenvalue weighted by Gasteiger charge is 2.38. The normalized spacial score (nSPS) is 31.4. The number of carboxylic acids is 1. The fourth-order valence-electron chi connectivity index (χ4n) is 2.49. The van der Waals surface area contributed by atoms with Gasteiger partial charge < -0.3 is 24.8 Å². The van der Waals surface area contributed by atoms with Crippen LogP contribution in [0.4, 0.5) is 0 Å². The standard InChI is InChI=1S/C12H20N2O5/c1-2-13-9-7-18-6-8(9)11(15)14-3-4-19-10(5-14)12(16)17/h8-10,13H,2-7H2,1H3,(H,16,17). The summed E-state index contributed by atoms with van der Waals surface area (Å²) in [5.41, 5.74) is 0. The van der Waals surface area contributed by atoms with Crippen LogP contribution in [-0.2, 0) is 19.1 Å². The van der Waals surface area contributed by atoms with Crippen molar-refractivity contribution in [3.63, 3.8) is 0 Å². The minimum absolute atomic E-state index is 0.0172. The molecule has 0 radical (unpaired) electrons. The van der Waals surface area contributed by atoms with Gasteiger partial charge in [0.15, 0.2) is 6.10 Å². The average molecular weight is 272 g/mol. The van der Waals surface area contributed by atoms with Crippen LogP contribution in [-0.4, -0.2) is 73.5 Å². The van der Waals surface area contributed by atoms with Crippen LogP contribution in [0.25, 0.3) is 0 Å². The molecule has 0 aromatic heterocycles. The maximum absolute atomic E-state index is 12.4. The Bertz CT molecular complexity index is 349. The summed E-state index contributed by atoms with van der Waals surface area (Å²) in [4.78, 5) is 24.9. The van der Waals surface area contributed by atoms with Gasteiger partial charge in [-0.05, 0) is 6.54 Å². The Balaban J connectivity index is 1.96. The third-order valence-corrected chi connectivity index (χ3v) is 3.52. The van der Waals surface area contributed by atoms with Crippen LogP contribution >= 0.6 is 0 Å². The van der Waals surface area contributed by atoms with E-state index in [0.717, 1.165) is 6.54 Å². The number of likely N-dealkylation sites (N-methyl/N-ethyl adjacent to an activating group) is 1. The fraction of sp³-hybridized carbons (Fsp3) is 0.833. The van der Waals surface area contributed by atoms with Crippen LogP contribution in [0, 0.1) is 5.92 Å². The Kier molecular flexibility index (Phi) is 4.73. The van der Waals surface area contributed by atoms with Crippen molar-refractivity contribution in [2.24, 2.45) is 5.92 Å². The first-order chi connectivity index (χ1) is 9.13. The van der Waals surface area contributed by atoms with Gasteiger partial charge in [0.25, 0.3) is 0 Å². The highest BCUT2D eigenvalue weighted by atomic mass is 16.5. The highest BCUT2D eigenvalue weighted by molar-refractivity contribution is 5.81. The molecule has 2 N–H and O–H groups in total. The number of carboxylic acid groups (broad SMARTS) is 1. The maximum atomic E-state index is 12.4. The molecule has 7 heteroatoms. The van der Waals surface area contributed by atoms with Crippen molar-refractivity contribution in [3.8, 4) is 0 Å². The van der Waals surface area contributed by atoms with E-state index in [1.807, 2.05) is 6.92 Å². The second-order valence-electron chi connectivity index (χ2n) is 4.79. The molecule has 0 aliphatic carbocycles. The smallest absolute Gasteiger partial charge is 0.334 e. The summed E-state index contributed by atoms with van der Waals surface area (Å²) >= 11 is 0. The molecule has 0 aromatic rings. The zero-order valence-electron chi connectivity index (χ0n) is 11.0. The number of carbonyl (C=O) groups excluding carboxylic acids is 1. The van der Waals surface area contributed by atoms with Gasteiger partial charge in [0.2, 0.25) is 5.91 Å². The molecule has 0 aromatic carbocycles. The SMILES string of the molecule is CCNC1COCC1C(=O)N1CCOC(C(=O)O)C1. The zero-order valence-corrected chi connectivity index (χ0v) is 11.0. The number of aliphatic carboxylic acids is 1. The average Bonchev–Trinajstić information content (AvgIpc) is 2.86. The third kappa shape index (κ3) is 3.23. The largest absolute Gasteiger partial charge is 0.479 e. The first kappa shape index (κ1) is 14.2. The van der Waals surface area contributed by atoms with Gasteiger partial charge >= 0.3 is 5.97 Å². The summed E-state index contributed by atoms with van der Waals surface area (Å²) in [5, 5.41) is 12.2. The van der Waals surface area contributed by atoms with Crippen molar-refractivity contribution in [2.45, 2.75) is 19.1 Å². The van der Waals surface area contributed by atoms with Gasteiger partial charge in [-0.2, -0.15) is 0 Å². The topological polar surface area (TPSA) is 88.1 Å². The van der Waals surface area contributed by atoms with Crippen LogP contribution in [0.1, 0.15) is 6.92 Å². The Hall–Kier alpha value is -1.18. The second-order valence-corrected chi connectivity index (χ2v) is 4.79. The molecule has 2 heterocycles. The lowest BCUT2D eigenvalue weighted by Gasteiger charge is -2.33. The zero-order chi connectivity index (χ0) is 13.8. The molecule has 0 bridgehead atoms. The van der Waals surface area contributed by atoms with E-state index < -0.39 is 12.1 Å². The number of rotatable bonds is 4. The molecule has 19 heavy (non-hydrogen) atoms. The summed E-state index contributed by atoms with van der Waals surface area (Å²) in [6.07, 6.45) is -0.919. The molecular weight excluding hydrogens is 252 g/mol. The number of ether oxygens (including phenoxy) is 2. The number of nitrogens with one attached hydrogen (secondary N) is 1. The van der Waals surface area contributed by atoms with Gasteiger partial charge in [0.05, 0.1) is 32.3 Å². The molecule has 1 amide bonds. The van der Waals surface area contributed by atoms with Gasteiger partial charge in [0, 0.05) is 12.6 Å². The predicted octanol–water partition coefficient (Wildman–Crippen LogP) is -1.08. The van der Waals surface area contributed by atoms with E-state index in [1.165, 1.54) is 0 Å². The van der Waals surface area contributed by atoms with Gasteiger partial charge in [-0.15, -0.1) is 0 Å². The van der Waals surface area contributed by atoms with Gasteiger partial charge in [-0.1, -0.05) is 6.92 Å². The van der Waals surface area contributed by atoms with E-state index in [2.05, 4.69) is 5.32 Å². The molecule has 2 aliphatic heterocycles. The quantitative estimate of drug-likeness (QED) is 0.677. The fourth-order valence-corrected chi connectivity index (χ4v) is 2.49. The van der Waals surface area contributed by atoms with E-state index in [4.69, 9.17) is 14.6 Å². The van der Waals surface area contributed by atoms with Crippen LogP contribution in [0.15, 0.2) is 0 Å². The molecule has 3 unspecified atom stereocenters. The number of carbonyl (C=O) groups is 2. The second kappa shape index (κ2) is 6.31. The monoisotopic (exact) mass is 272 g/mol. The number of morpholine rings is 1. The van der Waals surface area contributed by atoms with E-state index >= 15 is 0 Å². The lowest BCUT2D eigenvalue weighted by atomic mass is 10.0. The lowest BCUT2D eigenvalue weighted by Crippen LogP contribution is -2.53. The van der Waals surface area contributed by atoms with Crippen molar-refractivity contribution in [1.29, 1.82) is 0 Å². The van der Waals surface area contributed by atoms with E-state index in [-0.39, 0.29) is 31.0 Å². The lowest BCUT2D eigenvalue weighted by molar-refractivity contribution is -0.160. The Morgan fingerprint density at radius 1 is 1.42 bits per heavy atom. The molecule has 0 saturated carbocycles. The molecule has 3 atom stereocenters. The van der Waals surface area contributed by atoms with Gasteiger partial charge in [0.1, 0.15) is 0 Å². The Morgan fingerprint density at radius 2 is 2.21 bits per heavy atom. The van der Waals surface area contributed by atoms with Gasteiger partial charge in [-0.3, -0.25) is 4.79 Å². The summed E-state index contributed by atoms with van der Waals surface area (Å²) in [5.74, 6) is -1.30. The third-order valence-electron chi connectivity index (χ3n) is 3.52. The first-order valence-corrected chi connectivity index (χ1v) is 6.57. The molecule has 108 valence electrons. The number of hydrogen-bond acceptors (Lipinski definition) is 5. The highest BCUT2D eigenvalue weighted by Crippen LogP contribution is 2.18. The first-order valence-electron chi connectivity index (χ1n) is 6.57. The summed E-state index contributed by atoms with van der Waals surface area (Å²) in [7, 11) is 0. The van der Waals surface area contributed by atoms with Crippen LogP contribution < -0.4 is 5.32 Å². The van der Waals surface area contributed by atoms with E-state index in [1.54, 1.807) is 4.90 Å². The molecular formula is C12H20N2O5. The maximum Gasteiger partial charge on any atom is 0.334 e. The summed E-state index contributed by atoms with van der Waals surface area (Å²) < 4.78 is 10.5. The van der Waals surface area contributed by atoms with Gasteiger partial charge in [-0.25, -0.2) is 4.79 Å². The van der Waals surface area contributed by atoms with Crippen molar-refractivity contribution >= 4 is 11.9 Å². The molecule has 2 saturated heterocycles. The molecule has 2 rings (SSSR count). The molecule has 2 aliphatic rings. The van der Waals surface area contributed by atoms with Crippen molar-refractivity contribution in [3.05, 3.63) is 0 Å². The predicted molar refractivity (Wildman–Crippen MR) is 65.7 cm³/mol. The van der Waals surface area contributed by atoms with Crippen LogP contribution in [0.2, 0.25) is 0 Å². The number of amides is 1. The Morgan fingerprint density at radius 3 is 2.89 bits per heavy atom. The molecule has 7 nitrogen and oxygen atoms in total. The van der Waals surface area contributed by atoms with Crippen molar-refractivity contribution in [1.82, 2.24) is 10.2 Å². The number of hydrogen-bond donors (Lipinski definition) is 2. The summed E-state index contributed by atoms with van der Waals surface area (Å²) in [6, 6.07) is 0.0172. The summed E-state index contributed by atoms with van der Waals surface area (Å²) in [6.45, 7) is 4.50. The molecule has 2 fully saturated rings. The number of nitrogens with zero attached hydrogens (tertiary/aromatic N) is 1. The Labute approximate surface area is 111 Å². The van der Waals surface area contributed by atoms with Crippen LogP contribution in [0.3, 0.4) is 0 Å². The van der Waals surface area contributed by atoms with Crippen molar-refractivity contribution < 1.29 is 24.2 Å². The van der Waals surface area contributed by atoms with Crippen molar-refractivity contribution in [2.75, 3.05) is 39.5 Å². The molecule has 0 spiro atoms. The van der Waals surface area contributed by atoms with Crippen LogP contribution in [0.5, 0.6) is 0 Å².